The Morgan fingerprint density at radius 2 is 2.00 bits per heavy atom. The molecule has 4 rings (SSSR count). The molecule has 0 radical (unpaired) electrons. The lowest BCUT2D eigenvalue weighted by atomic mass is 9.51. The Hall–Kier alpha value is -0.420. The van der Waals surface area contributed by atoms with Gasteiger partial charge in [0.1, 0.15) is 11.7 Å². The quantitative estimate of drug-likeness (QED) is 0.507. The Kier molecular flexibility index (Phi) is 2.11. The molecule has 0 aromatic rings. The summed E-state index contributed by atoms with van der Waals surface area (Å²) >= 11 is 0. The van der Waals surface area contributed by atoms with Gasteiger partial charge in [-0.2, -0.15) is 0 Å². The van der Waals surface area contributed by atoms with E-state index in [1.807, 2.05) is 6.92 Å². The number of hydrogen-bond donors (Lipinski definition) is 2. The van der Waals surface area contributed by atoms with Crippen LogP contribution in [0.25, 0.3) is 0 Å². The Morgan fingerprint density at radius 1 is 1.32 bits per heavy atom. The van der Waals surface area contributed by atoms with Crippen LogP contribution in [0.5, 0.6) is 0 Å². The van der Waals surface area contributed by atoms with E-state index in [1.165, 1.54) is 5.57 Å². The molecule has 0 amide bonds. The zero-order chi connectivity index (χ0) is 13.6. The second kappa shape index (κ2) is 3.25. The van der Waals surface area contributed by atoms with Crippen LogP contribution < -0.4 is 0 Å². The van der Waals surface area contributed by atoms with Gasteiger partial charge in [-0.1, -0.05) is 25.5 Å². The normalized spacial score (nSPS) is 62.9. The molecule has 4 aliphatic rings. The minimum absolute atomic E-state index is 0.127. The summed E-state index contributed by atoms with van der Waals surface area (Å²) in [6.45, 7) is 6.94. The van der Waals surface area contributed by atoms with Crippen molar-refractivity contribution >= 4 is 0 Å². The molecule has 19 heavy (non-hydrogen) atoms. The third-order valence-corrected chi connectivity index (χ3v) is 6.53. The number of rotatable bonds is 0. The fraction of sp³-hybridized carbons (Fsp3) is 0.867. The Morgan fingerprint density at radius 3 is 2.63 bits per heavy atom. The monoisotopic (exact) mass is 266 g/mol. The fourth-order valence-electron chi connectivity index (χ4n) is 4.99. The summed E-state index contributed by atoms with van der Waals surface area (Å²) in [5.41, 5.74) is 0.165. The van der Waals surface area contributed by atoms with Crippen LogP contribution in [0.4, 0.5) is 0 Å². The molecule has 4 nitrogen and oxygen atoms in total. The number of epoxide rings is 1. The summed E-state index contributed by atoms with van der Waals surface area (Å²) < 4.78 is 11.9. The zero-order valence-electron chi connectivity index (χ0n) is 11.7. The number of ether oxygens (including phenoxy) is 2. The van der Waals surface area contributed by atoms with E-state index in [0.29, 0.717) is 19.4 Å². The highest BCUT2D eigenvalue weighted by Gasteiger charge is 2.81. The van der Waals surface area contributed by atoms with Crippen LogP contribution in [-0.2, 0) is 9.47 Å². The molecule has 3 fully saturated rings. The van der Waals surface area contributed by atoms with Crippen LogP contribution in [0.1, 0.15) is 33.6 Å². The fourth-order valence-corrected chi connectivity index (χ4v) is 4.99. The maximum absolute atomic E-state index is 10.7. The van der Waals surface area contributed by atoms with Gasteiger partial charge in [-0.25, -0.2) is 0 Å². The van der Waals surface area contributed by atoms with E-state index < -0.39 is 17.6 Å². The van der Waals surface area contributed by atoms with Gasteiger partial charge in [-0.05, 0) is 19.8 Å². The molecule has 2 aliphatic heterocycles. The second-order valence-corrected chi connectivity index (χ2v) is 7.27. The minimum atomic E-state index is -0.490. The molecular formula is C15H22O4. The van der Waals surface area contributed by atoms with Crippen molar-refractivity contribution in [2.75, 3.05) is 6.61 Å². The minimum Gasteiger partial charge on any atom is -0.392 e. The zero-order valence-corrected chi connectivity index (χ0v) is 11.7. The van der Waals surface area contributed by atoms with Gasteiger partial charge in [0.25, 0.3) is 0 Å². The molecular weight excluding hydrogens is 244 g/mol. The molecule has 0 aromatic heterocycles. The van der Waals surface area contributed by atoms with Crippen LogP contribution in [0.2, 0.25) is 0 Å². The molecule has 106 valence electrons. The maximum atomic E-state index is 10.7. The van der Waals surface area contributed by atoms with Gasteiger partial charge in [0, 0.05) is 10.8 Å². The largest absolute Gasteiger partial charge is 0.392 e. The average Bonchev–Trinajstić information content (AvgIpc) is 3.07. The van der Waals surface area contributed by atoms with Crippen molar-refractivity contribution in [1.29, 1.82) is 0 Å². The molecule has 2 N–H and O–H groups in total. The van der Waals surface area contributed by atoms with Crippen LogP contribution in [0.3, 0.4) is 0 Å². The first-order valence-electron chi connectivity index (χ1n) is 7.18. The van der Waals surface area contributed by atoms with Gasteiger partial charge in [0.15, 0.2) is 0 Å². The van der Waals surface area contributed by atoms with Crippen molar-refractivity contribution in [2.45, 2.75) is 63.6 Å². The molecule has 2 bridgehead atoms. The van der Waals surface area contributed by atoms with Crippen molar-refractivity contribution in [1.82, 2.24) is 0 Å². The third kappa shape index (κ3) is 1.13. The highest BCUT2D eigenvalue weighted by atomic mass is 16.6. The van der Waals surface area contributed by atoms with Gasteiger partial charge in [0.05, 0.1) is 24.9 Å². The lowest BCUT2D eigenvalue weighted by molar-refractivity contribution is -0.228. The van der Waals surface area contributed by atoms with E-state index in [4.69, 9.17) is 9.47 Å². The molecule has 4 heteroatoms. The summed E-state index contributed by atoms with van der Waals surface area (Å²) in [5.74, 6) is 0. The highest BCUT2D eigenvalue weighted by Crippen LogP contribution is 2.71. The van der Waals surface area contributed by atoms with Crippen molar-refractivity contribution < 1.29 is 19.7 Å². The lowest BCUT2D eigenvalue weighted by Crippen LogP contribution is -2.65. The summed E-state index contributed by atoms with van der Waals surface area (Å²) in [7, 11) is 0. The Balaban J connectivity index is 1.89. The predicted molar refractivity (Wildman–Crippen MR) is 68.6 cm³/mol. The first kappa shape index (κ1) is 12.3. The van der Waals surface area contributed by atoms with E-state index in [2.05, 4.69) is 19.9 Å². The molecule has 0 aromatic carbocycles. The maximum Gasteiger partial charge on any atom is 0.126 e. The topological polar surface area (TPSA) is 62.2 Å². The number of aliphatic hydroxyl groups is 2. The molecule has 1 unspecified atom stereocenters. The summed E-state index contributed by atoms with van der Waals surface area (Å²) in [4.78, 5) is 0. The van der Waals surface area contributed by atoms with Crippen molar-refractivity contribution in [3.63, 3.8) is 0 Å². The van der Waals surface area contributed by atoms with Gasteiger partial charge < -0.3 is 19.7 Å². The van der Waals surface area contributed by atoms with Crippen molar-refractivity contribution in [3.05, 3.63) is 11.6 Å². The van der Waals surface area contributed by atoms with Crippen LogP contribution in [-0.4, -0.2) is 46.8 Å². The second-order valence-electron chi connectivity index (χ2n) is 7.27. The number of aliphatic hydroxyl groups excluding tert-OH is 2. The Labute approximate surface area is 113 Å². The first-order chi connectivity index (χ1) is 8.85. The van der Waals surface area contributed by atoms with Crippen LogP contribution in [0, 0.1) is 10.8 Å². The van der Waals surface area contributed by atoms with Crippen LogP contribution >= 0.6 is 0 Å². The number of fused-ring (bicyclic) bond motifs is 2. The SMILES string of the molecule is CC1=C[C@H]2O[C@@H]3[C@H](O)C[C@@](C)([C@]34CO4)[C@@]2(C)C(O)C1. The molecule has 2 heterocycles. The average molecular weight is 266 g/mol. The predicted octanol–water partition coefficient (Wildman–Crippen LogP) is 1.01. The highest BCUT2D eigenvalue weighted by molar-refractivity contribution is 5.32. The van der Waals surface area contributed by atoms with E-state index >= 15 is 0 Å². The summed E-state index contributed by atoms with van der Waals surface area (Å²) in [6.07, 6.45) is 2.15. The van der Waals surface area contributed by atoms with E-state index in [-0.39, 0.29) is 23.2 Å². The molecule has 2 aliphatic carbocycles. The van der Waals surface area contributed by atoms with E-state index in [9.17, 15) is 10.2 Å². The van der Waals surface area contributed by atoms with Gasteiger partial charge in [0.2, 0.25) is 0 Å². The van der Waals surface area contributed by atoms with Gasteiger partial charge >= 0.3 is 0 Å². The molecule has 1 spiro atoms. The van der Waals surface area contributed by atoms with Gasteiger partial charge in [-0.3, -0.25) is 0 Å². The summed E-state index contributed by atoms with van der Waals surface area (Å²) in [5, 5.41) is 21.1. The number of hydrogen-bond acceptors (Lipinski definition) is 4. The van der Waals surface area contributed by atoms with E-state index in [0.717, 1.165) is 0 Å². The molecule has 7 atom stereocenters. The molecule has 2 saturated heterocycles. The van der Waals surface area contributed by atoms with Crippen molar-refractivity contribution in [2.24, 2.45) is 10.8 Å². The smallest absolute Gasteiger partial charge is 0.126 e. The van der Waals surface area contributed by atoms with Crippen LogP contribution in [0.15, 0.2) is 11.6 Å². The Bertz CT molecular complexity index is 469. The van der Waals surface area contributed by atoms with Gasteiger partial charge in [-0.15, -0.1) is 0 Å². The summed E-state index contributed by atoms with van der Waals surface area (Å²) in [6, 6.07) is 0. The molecule has 1 saturated carbocycles. The lowest BCUT2D eigenvalue weighted by Gasteiger charge is -2.58. The third-order valence-electron chi connectivity index (χ3n) is 6.53. The van der Waals surface area contributed by atoms with E-state index in [1.54, 1.807) is 0 Å². The van der Waals surface area contributed by atoms with Crippen molar-refractivity contribution in [3.8, 4) is 0 Å². The first-order valence-corrected chi connectivity index (χ1v) is 7.18. The standard InChI is InChI=1S/C15H22O4/c1-8-4-10(17)14(3)11(5-8)19-12-9(16)6-13(14,2)15(12)7-18-15/h5,9-12,16-17H,4,6-7H2,1-3H3/t9-,10?,11-,12-,13-,14+,15+/m1/s1.